The topological polar surface area (TPSA) is 119 Å². The van der Waals surface area contributed by atoms with Crippen LogP contribution in [0.1, 0.15) is 22.3 Å². The molecule has 2 amide bonds. The molecule has 0 aliphatic carbocycles. The monoisotopic (exact) mass is 417 g/mol. The lowest BCUT2D eigenvalue weighted by Gasteiger charge is -2.26. The van der Waals surface area contributed by atoms with Gasteiger partial charge in [0.2, 0.25) is 21.8 Å². The number of hydrogen-bond acceptors (Lipinski definition) is 5. The first-order valence-corrected chi connectivity index (χ1v) is 10.7. The number of sulfonamides is 1. The Hall–Kier alpha value is -2.75. The van der Waals surface area contributed by atoms with Crippen LogP contribution in [0.15, 0.2) is 53.4 Å². The summed E-state index contributed by atoms with van der Waals surface area (Å²) < 4.78 is 31.8. The van der Waals surface area contributed by atoms with Crippen molar-refractivity contribution in [3.05, 3.63) is 59.7 Å². The molecule has 0 saturated carbocycles. The molecule has 29 heavy (non-hydrogen) atoms. The third-order valence-electron chi connectivity index (χ3n) is 4.63. The number of morpholine rings is 1. The molecular weight excluding hydrogens is 394 g/mol. The average molecular weight is 417 g/mol. The van der Waals surface area contributed by atoms with Gasteiger partial charge in [-0.05, 0) is 48.4 Å². The Morgan fingerprint density at radius 3 is 2.21 bits per heavy atom. The molecular formula is C20H23N3O5S. The second-order valence-corrected chi connectivity index (χ2v) is 8.59. The standard InChI is InChI=1S/C20H23N3O5S/c21-20(25)16-4-6-17(7-5-16)22-19(24)10-3-15-1-8-18(9-2-15)29(26,27)23-11-13-28-14-12-23/h1-2,4-9H,3,10-14H2,(H2,21,25)(H,22,24). The van der Waals surface area contributed by atoms with Gasteiger partial charge in [-0.1, -0.05) is 12.1 Å². The average Bonchev–Trinajstić information content (AvgIpc) is 2.73. The third-order valence-corrected chi connectivity index (χ3v) is 6.54. The Morgan fingerprint density at radius 2 is 1.62 bits per heavy atom. The van der Waals surface area contributed by atoms with Gasteiger partial charge in [0.1, 0.15) is 0 Å². The number of carbonyl (C=O) groups is 2. The number of benzene rings is 2. The molecule has 2 aromatic carbocycles. The summed E-state index contributed by atoms with van der Waals surface area (Å²) in [5.41, 5.74) is 7.00. The normalized spacial score (nSPS) is 15.0. The van der Waals surface area contributed by atoms with Crippen LogP contribution in [0.3, 0.4) is 0 Å². The largest absolute Gasteiger partial charge is 0.379 e. The number of rotatable bonds is 7. The molecule has 0 atom stereocenters. The summed E-state index contributed by atoms with van der Waals surface area (Å²) >= 11 is 0. The van der Waals surface area contributed by atoms with Crippen LogP contribution in [0.4, 0.5) is 5.69 Å². The number of hydrogen-bond donors (Lipinski definition) is 2. The first-order chi connectivity index (χ1) is 13.9. The summed E-state index contributed by atoms with van der Waals surface area (Å²) in [5, 5.41) is 2.75. The fraction of sp³-hybridized carbons (Fsp3) is 0.300. The van der Waals surface area contributed by atoms with Gasteiger partial charge in [-0.15, -0.1) is 0 Å². The van der Waals surface area contributed by atoms with Gasteiger partial charge >= 0.3 is 0 Å². The zero-order valence-corrected chi connectivity index (χ0v) is 16.7. The molecule has 9 heteroatoms. The Morgan fingerprint density at radius 1 is 1.00 bits per heavy atom. The maximum absolute atomic E-state index is 12.6. The Balaban J connectivity index is 1.54. The maximum Gasteiger partial charge on any atom is 0.248 e. The number of carbonyl (C=O) groups excluding carboxylic acids is 2. The van der Waals surface area contributed by atoms with E-state index < -0.39 is 15.9 Å². The molecule has 154 valence electrons. The van der Waals surface area contributed by atoms with Gasteiger partial charge in [-0.2, -0.15) is 4.31 Å². The van der Waals surface area contributed by atoms with Crippen molar-refractivity contribution in [2.24, 2.45) is 5.73 Å². The number of ether oxygens (including phenoxy) is 1. The summed E-state index contributed by atoms with van der Waals surface area (Å²) in [7, 11) is -3.52. The van der Waals surface area contributed by atoms with Crippen molar-refractivity contribution in [2.75, 3.05) is 31.6 Å². The van der Waals surface area contributed by atoms with Crippen molar-refractivity contribution >= 4 is 27.5 Å². The summed E-state index contributed by atoms with van der Waals surface area (Å²) in [6.07, 6.45) is 0.718. The number of amides is 2. The summed E-state index contributed by atoms with van der Waals surface area (Å²) in [4.78, 5) is 23.4. The van der Waals surface area contributed by atoms with Crippen LogP contribution < -0.4 is 11.1 Å². The van der Waals surface area contributed by atoms with E-state index in [1.807, 2.05) is 0 Å². The van der Waals surface area contributed by atoms with Gasteiger partial charge in [-0.3, -0.25) is 9.59 Å². The molecule has 1 aliphatic rings. The van der Waals surface area contributed by atoms with E-state index in [-0.39, 0.29) is 17.2 Å². The fourth-order valence-corrected chi connectivity index (χ4v) is 4.37. The molecule has 0 radical (unpaired) electrons. The van der Waals surface area contributed by atoms with Crippen molar-refractivity contribution < 1.29 is 22.7 Å². The lowest BCUT2D eigenvalue weighted by molar-refractivity contribution is -0.116. The van der Waals surface area contributed by atoms with E-state index in [1.54, 1.807) is 48.5 Å². The number of aryl methyl sites for hydroxylation is 1. The zero-order chi connectivity index (χ0) is 20.9. The van der Waals surface area contributed by atoms with E-state index >= 15 is 0 Å². The third kappa shape index (κ3) is 5.41. The van der Waals surface area contributed by atoms with Crippen LogP contribution in [0, 0.1) is 0 Å². The molecule has 1 heterocycles. The smallest absolute Gasteiger partial charge is 0.248 e. The SMILES string of the molecule is NC(=O)c1ccc(NC(=O)CCc2ccc(S(=O)(=O)N3CCOCC3)cc2)cc1. The molecule has 0 aromatic heterocycles. The highest BCUT2D eigenvalue weighted by atomic mass is 32.2. The van der Waals surface area contributed by atoms with E-state index in [0.29, 0.717) is 44.0 Å². The van der Waals surface area contributed by atoms with Crippen molar-refractivity contribution in [1.29, 1.82) is 0 Å². The van der Waals surface area contributed by atoms with Gasteiger partial charge in [0.05, 0.1) is 18.1 Å². The second kappa shape index (κ2) is 9.17. The molecule has 1 aliphatic heterocycles. The van der Waals surface area contributed by atoms with E-state index in [4.69, 9.17) is 10.5 Å². The van der Waals surface area contributed by atoms with Crippen LogP contribution in [0.25, 0.3) is 0 Å². The minimum atomic E-state index is -3.52. The molecule has 1 fully saturated rings. The number of nitrogens with zero attached hydrogens (tertiary/aromatic N) is 1. The van der Waals surface area contributed by atoms with Crippen molar-refractivity contribution in [2.45, 2.75) is 17.7 Å². The number of anilines is 1. The highest BCUT2D eigenvalue weighted by Gasteiger charge is 2.26. The second-order valence-electron chi connectivity index (χ2n) is 6.65. The molecule has 0 spiro atoms. The van der Waals surface area contributed by atoms with E-state index in [1.165, 1.54) is 4.31 Å². The van der Waals surface area contributed by atoms with Crippen LogP contribution in [-0.2, 0) is 26.0 Å². The minimum Gasteiger partial charge on any atom is -0.379 e. The first kappa shape index (κ1) is 21.0. The van der Waals surface area contributed by atoms with Crippen LogP contribution in [0.5, 0.6) is 0 Å². The lowest BCUT2D eigenvalue weighted by Crippen LogP contribution is -2.40. The molecule has 0 unspecified atom stereocenters. The highest BCUT2D eigenvalue weighted by Crippen LogP contribution is 2.18. The fourth-order valence-electron chi connectivity index (χ4n) is 2.96. The Kier molecular flexibility index (Phi) is 6.63. The van der Waals surface area contributed by atoms with Gasteiger partial charge in [0, 0.05) is 30.8 Å². The molecule has 0 bridgehead atoms. The molecule has 3 rings (SSSR count). The molecule has 8 nitrogen and oxygen atoms in total. The van der Waals surface area contributed by atoms with Crippen LogP contribution in [0.2, 0.25) is 0 Å². The Labute approximate surface area is 169 Å². The summed E-state index contributed by atoms with van der Waals surface area (Å²) in [5.74, 6) is -0.705. The van der Waals surface area contributed by atoms with E-state index in [0.717, 1.165) is 5.56 Å². The minimum absolute atomic E-state index is 0.179. The highest BCUT2D eigenvalue weighted by molar-refractivity contribution is 7.89. The molecule has 3 N–H and O–H groups in total. The predicted octanol–water partition coefficient (Wildman–Crippen LogP) is 1.38. The van der Waals surface area contributed by atoms with Crippen LogP contribution >= 0.6 is 0 Å². The van der Waals surface area contributed by atoms with Crippen molar-refractivity contribution in [3.8, 4) is 0 Å². The van der Waals surface area contributed by atoms with E-state index in [2.05, 4.69) is 5.32 Å². The van der Waals surface area contributed by atoms with Gasteiger partial charge in [0.25, 0.3) is 0 Å². The van der Waals surface area contributed by atoms with Crippen LogP contribution in [-0.4, -0.2) is 50.8 Å². The number of nitrogens with two attached hydrogens (primary N) is 1. The number of primary amides is 1. The summed E-state index contributed by atoms with van der Waals surface area (Å²) in [6, 6.07) is 12.9. The Bertz CT molecular complexity index is 966. The van der Waals surface area contributed by atoms with Crippen molar-refractivity contribution in [3.63, 3.8) is 0 Å². The number of nitrogens with one attached hydrogen (secondary N) is 1. The van der Waals surface area contributed by atoms with Gasteiger partial charge in [-0.25, -0.2) is 8.42 Å². The van der Waals surface area contributed by atoms with Gasteiger partial charge in [0.15, 0.2) is 0 Å². The lowest BCUT2D eigenvalue weighted by atomic mass is 10.1. The molecule has 1 saturated heterocycles. The van der Waals surface area contributed by atoms with Crippen molar-refractivity contribution in [1.82, 2.24) is 4.31 Å². The quantitative estimate of drug-likeness (QED) is 0.705. The zero-order valence-electron chi connectivity index (χ0n) is 15.8. The maximum atomic E-state index is 12.6. The summed E-state index contributed by atoms with van der Waals surface area (Å²) in [6.45, 7) is 1.50. The first-order valence-electron chi connectivity index (χ1n) is 9.23. The van der Waals surface area contributed by atoms with Gasteiger partial charge < -0.3 is 15.8 Å². The van der Waals surface area contributed by atoms with E-state index in [9.17, 15) is 18.0 Å². The predicted molar refractivity (Wildman–Crippen MR) is 108 cm³/mol. The molecule has 2 aromatic rings.